The Balaban J connectivity index is 2.46. The van der Waals surface area contributed by atoms with Crippen LogP contribution >= 0.6 is 31.9 Å². The summed E-state index contributed by atoms with van der Waals surface area (Å²) in [6.07, 6.45) is 2.77. The fraction of sp³-hybridized carbons (Fsp3) is 0.357. The predicted molar refractivity (Wildman–Crippen MR) is 85.2 cm³/mol. The minimum absolute atomic E-state index is 0.110. The van der Waals surface area contributed by atoms with Gasteiger partial charge in [0.2, 0.25) is 0 Å². The van der Waals surface area contributed by atoms with Crippen LogP contribution in [0, 0.1) is 5.82 Å². The van der Waals surface area contributed by atoms with Crippen molar-refractivity contribution in [3.63, 3.8) is 0 Å². The molecule has 20 heavy (non-hydrogen) atoms. The summed E-state index contributed by atoms with van der Waals surface area (Å²) in [5.41, 5.74) is 1.88. The van der Waals surface area contributed by atoms with Gasteiger partial charge in [-0.1, -0.05) is 13.0 Å². The highest BCUT2D eigenvalue weighted by Crippen LogP contribution is 2.30. The highest BCUT2D eigenvalue weighted by Gasteiger charge is 2.21. The normalized spacial score (nSPS) is 12.7. The molecule has 2 aromatic rings. The van der Waals surface area contributed by atoms with Crippen LogP contribution in [0.15, 0.2) is 33.3 Å². The number of halogens is 3. The van der Waals surface area contributed by atoms with E-state index in [0.717, 1.165) is 28.7 Å². The molecule has 0 saturated heterocycles. The van der Waals surface area contributed by atoms with Gasteiger partial charge in [-0.25, -0.2) is 4.39 Å². The average molecular weight is 405 g/mol. The van der Waals surface area contributed by atoms with Gasteiger partial charge in [0.15, 0.2) is 0 Å². The molecule has 1 N–H and O–H groups in total. The first-order valence-electron chi connectivity index (χ1n) is 6.41. The first kappa shape index (κ1) is 15.7. The number of aromatic nitrogens is 2. The minimum atomic E-state index is -0.263. The van der Waals surface area contributed by atoms with E-state index in [4.69, 9.17) is 0 Å². The Kier molecular flexibility index (Phi) is 5.35. The van der Waals surface area contributed by atoms with Crippen LogP contribution < -0.4 is 5.32 Å². The number of hydrogen-bond donors (Lipinski definition) is 1. The zero-order valence-corrected chi connectivity index (χ0v) is 14.5. The lowest BCUT2D eigenvalue weighted by atomic mass is 10.0. The topological polar surface area (TPSA) is 29.9 Å². The van der Waals surface area contributed by atoms with Gasteiger partial charge in [-0.05, 0) is 63.0 Å². The summed E-state index contributed by atoms with van der Waals surface area (Å²) in [6.45, 7) is 2.94. The van der Waals surface area contributed by atoms with E-state index >= 15 is 0 Å². The third-order valence-electron chi connectivity index (χ3n) is 3.11. The third kappa shape index (κ3) is 3.13. The van der Waals surface area contributed by atoms with Crippen LogP contribution in [0.1, 0.15) is 30.6 Å². The molecule has 0 amide bonds. The number of rotatable bonds is 5. The van der Waals surface area contributed by atoms with Gasteiger partial charge in [-0.15, -0.1) is 0 Å². The maximum absolute atomic E-state index is 13.8. The molecule has 1 atom stereocenters. The molecule has 1 heterocycles. The van der Waals surface area contributed by atoms with Gasteiger partial charge in [0.05, 0.1) is 26.9 Å². The summed E-state index contributed by atoms with van der Waals surface area (Å²) < 4.78 is 17.1. The number of nitrogens with one attached hydrogen (secondary N) is 1. The van der Waals surface area contributed by atoms with Crippen molar-refractivity contribution >= 4 is 31.9 Å². The van der Waals surface area contributed by atoms with Crippen molar-refractivity contribution in [2.24, 2.45) is 0 Å². The fourth-order valence-electron chi connectivity index (χ4n) is 2.20. The Morgan fingerprint density at radius 1 is 1.35 bits per heavy atom. The molecule has 0 spiro atoms. The van der Waals surface area contributed by atoms with Gasteiger partial charge >= 0.3 is 0 Å². The SMILES string of the molecule is CCCn1ncc(Br)c1C(NC)c1ccc(Br)c(F)c1. The second-order valence-corrected chi connectivity index (χ2v) is 6.20. The maximum Gasteiger partial charge on any atom is 0.137 e. The van der Waals surface area contributed by atoms with Crippen molar-refractivity contribution in [2.75, 3.05) is 7.05 Å². The first-order chi connectivity index (χ1) is 9.58. The molecule has 0 saturated carbocycles. The Labute approximate surface area is 134 Å². The molecular weight excluding hydrogens is 389 g/mol. The van der Waals surface area contributed by atoms with E-state index in [1.165, 1.54) is 0 Å². The summed E-state index contributed by atoms with van der Waals surface area (Å²) in [4.78, 5) is 0. The molecule has 0 fully saturated rings. The summed E-state index contributed by atoms with van der Waals surface area (Å²) in [5.74, 6) is -0.263. The van der Waals surface area contributed by atoms with Gasteiger partial charge < -0.3 is 5.32 Å². The largest absolute Gasteiger partial charge is 0.308 e. The number of benzene rings is 1. The van der Waals surface area contributed by atoms with Crippen LogP contribution in [-0.4, -0.2) is 16.8 Å². The molecule has 1 unspecified atom stereocenters. The molecule has 0 aliphatic carbocycles. The quantitative estimate of drug-likeness (QED) is 0.806. The van der Waals surface area contributed by atoms with Gasteiger partial charge in [0.1, 0.15) is 5.82 Å². The zero-order valence-electron chi connectivity index (χ0n) is 11.3. The molecule has 0 aliphatic heterocycles. The van der Waals surface area contributed by atoms with Crippen LogP contribution in [-0.2, 0) is 6.54 Å². The Hall–Kier alpha value is -0.720. The molecule has 0 aliphatic rings. The lowest BCUT2D eigenvalue weighted by Crippen LogP contribution is -2.22. The molecule has 1 aromatic carbocycles. The second-order valence-electron chi connectivity index (χ2n) is 4.50. The van der Waals surface area contributed by atoms with Crippen LogP contribution in [0.3, 0.4) is 0 Å². The third-order valence-corrected chi connectivity index (χ3v) is 4.36. The minimum Gasteiger partial charge on any atom is -0.308 e. The molecule has 0 radical (unpaired) electrons. The smallest absolute Gasteiger partial charge is 0.137 e. The molecule has 2 rings (SSSR count). The standard InChI is InChI=1S/C14H16Br2FN3/c1-3-6-20-14(11(16)8-19-20)13(18-2)9-4-5-10(15)12(17)7-9/h4-5,7-8,13,18H,3,6H2,1-2H3. The van der Waals surface area contributed by atoms with Crippen LogP contribution in [0.5, 0.6) is 0 Å². The van der Waals surface area contributed by atoms with Gasteiger partial charge in [0, 0.05) is 6.54 Å². The van der Waals surface area contributed by atoms with Gasteiger partial charge in [-0.3, -0.25) is 4.68 Å². The van der Waals surface area contributed by atoms with Crippen molar-refractivity contribution < 1.29 is 4.39 Å². The van der Waals surface area contributed by atoms with E-state index in [1.807, 2.05) is 17.8 Å². The van der Waals surface area contributed by atoms with E-state index in [2.05, 4.69) is 49.2 Å². The van der Waals surface area contributed by atoms with Gasteiger partial charge in [0.25, 0.3) is 0 Å². The van der Waals surface area contributed by atoms with Crippen molar-refractivity contribution in [2.45, 2.75) is 25.9 Å². The molecule has 108 valence electrons. The van der Waals surface area contributed by atoms with Crippen LogP contribution in [0.25, 0.3) is 0 Å². The second kappa shape index (κ2) is 6.83. The van der Waals surface area contributed by atoms with Crippen molar-refractivity contribution in [1.29, 1.82) is 0 Å². The summed E-state index contributed by atoms with van der Waals surface area (Å²) in [6, 6.07) is 5.06. The first-order valence-corrected chi connectivity index (χ1v) is 8.00. The fourth-order valence-corrected chi connectivity index (χ4v) is 2.97. The number of nitrogens with zero attached hydrogens (tertiary/aromatic N) is 2. The van der Waals surface area contributed by atoms with Crippen LogP contribution in [0.4, 0.5) is 4.39 Å². The van der Waals surface area contributed by atoms with E-state index in [0.29, 0.717) is 4.47 Å². The molecule has 0 bridgehead atoms. The summed E-state index contributed by atoms with van der Waals surface area (Å²) in [7, 11) is 1.86. The van der Waals surface area contributed by atoms with E-state index in [-0.39, 0.29) is 11.9 Å². The van der Waals surface area contributed by atoms with Crippen molar-refractivity contribution in [3.05, 3.63) is 50.4 Å². The number of aryl methyl sites for hydroxylation is 1. The molecular formula is C14H16Br2FN3. The Morgan fingerprint density at radius 2 is 2.10 bits per heavy atom. The Morgan fingerprint density at radius 3 is 2.70 bits per heavy atom. The van der Waals surface area contributed by atoms with E-state index in [1.54, 1.807) is 18.3 Å². The van der Waals surface area contributed by atoms with Crippen molar-refractivity contribution in [3.8, 4) is 0 Å². The van der Waals surface area contributed by atoms with E-state index < -0.39 is 0 Å². The Bertz CT molecular complexity index is 598. The number of hydrogen-bond acceptors (Lipinski definition) is 2. The van der Waals surface area contributed by atoms with E-state index in [9.17, 15) is 4.39 Å². The molecule has 1 aromatic heterocycles. The highest BCUT2D eigenvalue weighted by atomic mass is 79.9. The molecule has 6 heteroatoms. The summed E-state index contributed by atoms with van der Waals surface area (Å²) in [5, 5.41) is 7.60. The van der Waals surface area contributed by atoms with Crippen LogP contribution in [0.2, 0.25) is 0 Å². The average Bonchev–Trinajstić information content (AvgIpc) is 2.77. The predicted octanol–water partition coefficient (Wildman–Crippen LogP) is 4.27. The van der Waals surface area contributed by atoms with Gasteiger partial charge in [-0.2, -0.15) is 5.10 Å². The lowest BCUT2D eigenvalue weighted by Gasteiger charge is -2.19. The highest BCUT2D eigenvalue weighted by molar-refractivity contribution is 9.10. The lowest BCUT2D eigenvalue weighted by molar-refractivity contribution is 0.530. The zero-order chi connectivity index (χ0) is 14.7. The summed E-state index contributed by atoms with van der Waals surface area (Å²) >= 11 is 6.71. The maximum atomic E-state index is 13.8. The molecule has 3 nitrogen and oxygen atoms in total. The monoisotopic (exact) mass is 403 g/mol. The van der Waals surface area contributed by atoms with Crippen molar-refractivity contribution in [1.82, 2.24) is 15.1 Å².